The van der Waals surface area contributed by atoms with Crippen molar-refractivity contribution in [3.63, 3.8) is 0 Å². The maximum atomic E-state index is 5.33. The van der Waals surface area contributed by atoms with E-state index in [9.17, 15) is 0 Å². The third-order valence-electron chi connectivity index (χ3n) is 3.60. The lowest BCUT2D eigenvalue weighted by atomic mass is 10.4. The lowest BCUT2D eigenvalue weighted by Gasteiger charge is -2.24. The molecule has 0 heterocycles. The van der Waals surface area contributed by atoms with Gasteiger partial charge in [0, 0.05) is 58.8 Å². The molecule has 0 radical (unpaired) electrons. The highest BCUT2D eigenvalue weighted by molar-refractivity contribution is 7.80. The van der Waals surface area contributed by atoms with E-state index in [0.29, 0.717) is 0 Å². The van der Waals surface area contributed by atoms with Crippen LogP contribution >= 0.6 is 25.3 Å². The van der Waals surface area contributed by atoms with Crippen LogP contribution in [-0.2, 0) is 26.6 Å². The Labute approximate surface area is 164 Å². The van der Waals surface area contributed by atoms with E-state index >= 15 is 0 Å². The van der Waals surface area contributed by atoms with Crippen LogP contribution in [0.2, 0.25) is 6.04 Å². The van der Waals surface area contributed by atoms with Gasteiger partial charge in [0.15, 0.2) is 0 Å². The van der Waals surface area contributed by atoms with E-state index < -0.39 is 17.6 Å². The fourth-order valence-corrected chi connectivity index (χ4v) is 6.23. The van der Waals surface area contributed by atoms with Crippen molar-refractivity contribution < 1.29 is 26.6 Å². The monoisotopic (exact) mass is 426 g/mol. The van der Waals surface area contributed by atoms with E-state index in [1.807, 2.05) is 24.3 Å². The maximum Gasteiger partial charge on any atom is 0.536 e. The lowest BCUT2D eigenvalue weighted by molar-refractivity contribution is 0.123. The van der Waals surface area contributed by atoms with E-state index in [4.69, 9.17) is 26.6 Å². The second-order valence-electron chi connectivity index (χ2n) is 4.84. The lowest BCUT2D eigenvalue weighted by Crippen LogP contribution is -2.54. The molecular weight excluding hydrogens is 396 g/mol. The minimum Gasteiger partial charge on any atom is -0.377 e. The molecule has 0 aliphatic heterocycles. The van der Waals surface area contributed by atoms with Crippen LogP contribution in [0.25, 0.3) is 0 Å². The van der Waals surface area contributed by atoms with Gasteiger partial charge < -0.3 is 26.6 Å². The Hall–Kier alpha value is 0.114. The van der Waals surface area contributed by atoms with Crippen LogP contribution in [0.15, 0.2) is 29.2 Å². The molecule has 0 aliphatic carbocycles. The van der Waals surface area contributed by atoms with Crippen molar-refractivity contribution in [2.24, 2.45) is 0 Å². The Morgan fingerprint density at radius 3 is 1.52 bits per heavy atom. The maximum absolute atomic E-state index is 5.33. The molecule has 1 aromatic carbocycles. The summed E-state index contributed by atoms with van der Waals surface area (Å²) in [4.78, 5) is 0.903. The molecular formula is C15H30O6S2Si2. The first kappa shape index (κ1) is 25.1. The van der Waals surface area contributed by atoms with Gasteiger partial charge in [-0.25, -0.2) is 0 Å². The van der Waals surface area contributed by atoms with Crippen LogP contribution < -0.4 is 5.19 Å². The zero-order valence-electron chi connectivity index (χ0n) is 15.8. The number of hydrogen-bond acceptors (Lipinski definition) is 8. The van der Waals surface area contributed by atoms with E-state index in [0.717, 1.165) is 28.3 Å². The van der Waals surface area contributed by atoms with E-state index in [1.165, 1.54) is 0 Å². The molecule has 1 aromatic rings. The molecule has 0 fully saturated rings. The molecule has 0 unspecified atom stereocenters. The zero-order chi connectivity index (χ0) is 19.3. The second kappa shape index (κ2) is 13.3. The molecule has 0 N–H and O–H groups in total. The molecule has 0 aromatic heterocycles. The quantitative estimate of drug-likeness (QED) is 0.442. The Bertz CT molecular complexity index is 439. The number of benzene rings is 1. The predicted molar refractivity (Wildman–Crippen MR) is 110 cm³/mol. The Kier molecular flexibility index (Phi) is 13.4. The van der Waals surface area contributed by atoms with Gasteiger partial charge in [0.05, 0.1) is 0 Å². The molecule has 0 aliphatic rings. The summed E-state index contributed by atoms with van der Waals surface area (Å²) < 4.78 is 31.6. The first-order valence-electron chi connectivity index (χ1n) is 7.64. The largest absolute Gasteiger partial charge is 0.536 e. The number of rotatable bonds is 10. The molecule has 25 heavy (non-hydrogen) atoms. The summed E-state index contributed by atoms with van der Waals surface area (Å²) in [6.07, 6.45) is 0.963. The summed E-state index contributed by atoms with van der Waals surface area (Å²) in [6.45, 7) is 0. The van der Waals surface area contributed by atoms with Gasteiger partial charge in [-0.1, -0.05) is 12.1 Å². The van der Waals surface area contributed by atoms with Crippen molar-refractivity contribution in [3.05, 3.63) is 24.3 Å². The molecule has 146 valence electrons. The smallest absolute Gasteiger partial charge is 0.377 e. The van der Waals surface area contributed by atoms with Gasteiger partial charge in [-0.05, 0) is 24.3 Å². The second-order valence-corrected chi connectivity index (χ2v) is 11.8. The summed E-state index contributed by atoms with van der Waals surface area (Å²) in [5.74, 6) is 0.838. The summed E-state index contributed by atoms with van der Waals surface area (Å²) in [5, 5.41) is 0.933. The van der Waals surface area contributed by atoms with Crippen molar-refractivity contribution in [1.82, 2.24) is 0 Å². The molecule has 0 amide bonds. The van der Waals surface area contributed by atoms with E-state index in [-0.39, 0.29) is 0 Å². The predicted octanol–water partition coefficient (Wildman–Crippen LogP) is 2.24. The summed E-state index contributed by atoms with van der Waals surface area (Å²) in [5.41, 5.74) is 0. The van der Waals surface area contributed by atoms with Gasteiger partial charge in [0.25, 0.3) is 0 Å². The minimum absolute atomic E-state index is 0.833. The highest BCUT2D eigenvalue weighted by atomic mass is 32.1. The topological polar surface area (TPSA) is 55.4 Å². The molecule has 0 saturated heterocycles. The van der Waals surface area contributed by atoms with Crippen molar-refractivity contribution in [3.8, 4) is 0 Å². The average molecular weight is 427 g/mol. The zero-order valence-corrected chi connectivity index (χ0v) is 19.6. The normalized spacial score (nSPS) is 11.8. The van der Waals surface area contributed by atoms with Crippen molar-refractivity contribution >= 4 is 48.1 Å². The van der Waals surface area contributed by atoms with Crippen LogP contribution in [0, 0.1) is 0 Å². The van der Waals surface area contributed by atoms with Gasteiger partial charge in [0.1, 0.15) is 0 Å². The standard InChI is InChI=1S/C9H14O3SSi.C6H16O3SSi/c1-10-14(11-2,12-3)9-6-4-8(13)5-7-9;1-7-11(8-2,9-3)6-4-5-10/h4-7,13H,1-3H3;10H,4-6H2,1-3H3. The van der Waals surface area contributed by atoms with Gasteiger partial charge in [-0.2, -0.15) is 12.6 Å². The van der Waals surface area contributed by atoms with Gasteiger partial charge >= 0.3 is 17.6 Å². The Morgan fingerprint density at radius 2 is 1.20 bits per heavy atom. The van der Waals surface area contributed by atoms with E-state index in [2.05, 4.69) is 25.3 Å². The van der Waals surface area contributed by atoms with E-state index in [1.54, 1.807) is 42.7 Å². The van der Waals surface area contributed by atoms with Gasteiger partial charge in [-0.15, -0.1) is 12.6 Å². The Balaban J connectivity index is 0.000000477. The van der Waals surface area contributed by atoms with Crippen LogP contribution in [-0.4, -0.2) is 66.0 Å². The van der Waals surface area contributed by atoms with Crippen LogP contribution in [0.4, 0.5) is 0 Å². The van der Waals surface area contributed by atoms with Crippen molar-refractivity contribution in [2.75, 3.05) is 48.4 Å². The first-order chi connectivity index (χ1) is 11.9. The molecule has 0 saturated carbocycles. The summed E-state index contributed by atoms with van der Waals surface area (Å²) >= 11 is 8.31. The Morgan fingerprint density at radius 1 is 0.760 bits per heavy atom. The van der Waals surface area contributed by atoms with Gasteiger partial charge in [-0.3, -0.25) is 0 Å². The third kappa shape index (κ3) is 7.71. The SMILES string of the molecule is CO[Si](CCCS)(OC)OC.CO[Si](OC)(OC)c1ccc(S)cc1. The van der Waals surface area contributed by atoms with Crippen LogP contribution in [0.3, 0.4) is 0 Å². The third-order valence-corrected chi connectivity index (χ3v) is 9.70. The van der Waals surface area contributed by atoms with Crippen LogP contribution in [0.5, 0.6) is 0 Å². The number of thiol groups is 2. The van der Waals surface area contributed by atoms with Crippen LogP contribution in [0.1, 0.15) is 6.42 Å². The first-order valence-corrected chi connectivity index (χ1v) is 12.4. The molecule has 0 atom stereocenters. The minimum atomic E-state index is -2.65. The molecule has 10 heteroatoms. The summed E-state index contributed by atoms with van der Waals surface area (Å²) in [7, 11) is 4.70. The fraction of sp³-hybridized carbons (Fsp3) is 0.600. The highest BCUT2D eigenvalue weighted by Gasteiger charge is 2.40. The molecule has 6 nitrogen and oxygen atoms in total. The van der Waals surface area contributed by atoms with Crippen molar-refractivity contribution in [2.45, 2.75) is 17.4 Å². The average Bonchev–Trinajstić information content (AvgIpc) is 2.67. The molecule has 0 spiro atoms. The van der Waals surface area contributed by atoms with Crippen molar-refractivity contribution in [1.29, 1.82) is 0 Å². The summed E-state index contributed by atoms with van der Waals surface area (Å²) in [6, 6.07) is 8.42. The molecule has 1 rings (SSSR count). The highest BCUT2D eigenvalue weighted by Crippen LogP contribution is 2.14. The number of hydrogen-bond donors (Lipinski definition) is 2. The molecule has 0 bridgehead atoms. The fourth-order valence-electron chi connectivity index (χ4n) is 2.12. The van der Waals surface area contributed by atoms with Gasteiger partial charge in [0.2, 0.25) is 0 Å².